The number of likely N-dealkylation sites (tertiary alicyclic amines) is 1. The number of nitrogens with zero attached hydrogens (tertiary/aromatic N) is 1. The Morgan fingerprint density at radius 1 is 1.38 bits per heavy atom. The number of carbonyl (C=O) groups is 2. The average Bonchev–Trinajstić information content (AvgIpc) is 2.49. The second-order valence-electron chi connectivity index (χ2n) is 5.03. The van der Waals surface area contributed by atoms with Gasteiger partial charge in [-0.1, -0.05) is 0 Å². The second-order valence-corrected chi connectivity index (χ2v) is 5.03. The van der Waals surface area contributed by atoms with E-state index in [9.17, 15) is 9.59 Å². The molecule has 21 heavy (non-hydrogen) atoms. The quantitative estimate of drug-likeness (QED) is 0.891. The van der Waals surface area contributed by atoms with Crippen LogP contribution in [0.15, 0.2) is 18.2 Å². The predicted molar refractivity (Wildman–Crippen MR) is 75.3 cm³/mol. The van der Waals surface area contributed by atoms with Gasteiger partial charge in [0, 0.05) is 31.1 Å². The molecule has 1 amide bonds. The van der Waals surface area contributed by atoms with Crippen LogP contribution in [0.1, 0.15) is 18.4 Å². The van der Waals surface area contributed by atoms with Crippen molar-refractivity contribution in [1.82, 2.24) is 4.90 Å². The molecule has 1 aromatic rings. The van der Waals surface area contributed by atoms with Gasteiger partial charge < -0.3 is 19.5 Å². The number of hydrogen-bond acceptors (Lipinski definition) is 4. The topological polar surface area (TPSA) is 76.1 Å². The molecule has 1 heterocycles. The summed E-state index contributed by atoms with van der Waals surface area (Å²) in [6, 6.07) is 5.37. The molecule has 1 aromatic carbocycles. The molecule has 1 aliphatic rings. The van der Waals surface area contributed by atoms with Crippen LogP contribution in [0.5, 0.6) is 11.5 Å². The molecule has 0 aromatic heterocycles. The summed E-state index contributed by atoms with van der Waals surface area (Å²) in [6.45, 7) is 0.582. The van der Waals surface area contributed by atoms with Crippen molar-refractivity contribution in [2.75, 3.05) is 20.8 Å². The van der Waals surface area contributed by atoms with Gasteiger partial charge in [0.15, 0.2) is 0 Å². The van der Waals surface area contributed by atoms with Crippen molar-refractivity contribution >= 4 is 11.9 Å². The highest BCUT2D eigenvalue weighted by Gasteiger charge is 2.30. The molecule has 0 unspecified atom stereocenters. The summed E-state index contributed by atoms with van der Waals surface area (Å²) in [5.41, 5.74) is 0.831. The lowest BCUT2D eigenvalue weighted by Gasteiger charge is -2.31. The largest absolute Gasteiger partial charge is 0.497 e. The van der Waals surface area contributed by atoms with Crippen LogP contribution in [0, 0.1) is 5.92 Å². The Balaban J connectivity index is 2.16. The highest BCUT2D eigenvalue weighted by molar-refractivity contribution is 5.80. The van der Waals surface area contributed by atoms with Gasteiger partial charge in [-0.15, -0.1) is 0 Å². The Bertz CT molecular complexity index is 543. The lowest BCUT2D eigenvalue weighted by Crippen LogP contribution is -2.42. The SMILES string of the molecule is COc1ccc(CN2C[C@@H](C(=O)O)CCC2=O)c(OC)c1. The molecule has 0 saturated carbocycles. The fourth-order valence-electron chi connectivity index (χ4n) is 2.46. The van der Waals surface area contributed by atoms with Gasteiger partial charge in [-0.25, -0.2) is 0 Å². The third-order valence-electron chi connectivity index (χ3n) is 3.70. The van der Waals surface area contributed by atoms with E-state index in [4.69, 9.17) is 14.6 Å². The van der Waals surface area contributed by atoms with E-state index >= 15 is 0 Å². The lowest BCUT2D eigenvalue weighted by atomic mass is 9.97. The molecule has 0 spiro atoms. The zero-order valence-electron chi connectivity index (χ0n) is 12.2. The number of carboxylic acids is 1. The number of amides is 1. The molecule has 0 bridgehead atoms. The maximum atomic E-state index is 12.0. The van der Waals surface area contributed by atoms with Crippen molar-refractivity contribution in [3.05, 3.63) is 23.8 Å². The fourth-order valence-corrected chi connectivity index (χ4v) is 2.46. The molecular weight excluding hydrogens is 274 g/mol. The van der Waals surface area contributed by atoms with E-state index in [1.807, 2.05) is 6.07 Å². The summed E-state index contributed by atoms with van der Waals surface area (Å²) >= 11 is 0. The van der Waals surface area contributed by atoms with Gasteiger partial charge in [-0.3, -0.25) is 9.59 Å². The van der Waals surface area contributed by atoms with Gasteiger partial charge in [0.25, 0.3) is 0 Å². The van der Waals surface area contributed by atoms with E-state index in [0.717, 1.165) is 5.56 Å². The molecule has 1 atom stereocenters. The van der Waals surface area contributed by atoms with Crippen LogP contribution >= 0.6 is 0 Å². The molecule has 1 saturated heterocycles. The van der Waals surface area contributed by atoms with Crippen molar-refractivity contribution in [2.45, 2.75) is 19.4 Å². The molecule has 114 valence electrons. The summed E-state index contributed by atoms with van der Waals surface area (Å²) in [5, 5.41) is 9.10. The highest BCUT2D eigenvalue weighted by Crippen LogP contribution is 2.27. The van der Waals surface area contributed by atoms with Crippen LogP contribution in [0.4, 0.5) is 0 Å². The van der Waals surface area contributed by atoms with Crippen LogP contribution in [0.3, 0.4) is 0 Å². The number of aliphatic carboxylic acids is 1. The van der Waals surface area contributed by atoms with E-state index in [-0.39, 0.29) is 18.9 Å². The smallest absolute Gasteiger partial charge is 0.308 e. The Hall–Kier alpha value is -2.24. The maximum absolute atomic E-state index is 12.0. The van der Waals surface area contributed by atoms with E-state index in [1.54, 1.807) is 31.3 Å². The lowest BCUT2D eigenvalue weighted by molar-refractivity contribution is -0.147. The minimum Gasteiger partial charge on any atom is -0.497 e. The Morgan fingerprint density at radius 2 is 2.14 bits per heavy atom. The van der Waals surface area contributed by atoms with E-state index in [2.05, 4.69) is 0 Å². The summed E-state index contributed by atoms with van der Waals surface area (Å²) in [4.78, 5) is 24.6. The summed E-state index contributed by atoms with van der Waals surface area (Å²) in [5.74, 6) is -0.0740. The van der Waals surface area contributed by atoms with Gasteiger partial charge >= 0.3 is 5.97 Å². The molecule has 1 N–H and O–H groups in total. The summed E-state index contributed by atoms with van der Waals surface area (Å²) < 4.78 is 10.4. The van der Waals surface area contributed by atoms with Gasteiger partial charge in [0.05, 0.1) is 20.1 Å². The molecule has 2 rings (SSSR count). The summed E-state index contributed by atoms with van der Waals surface area (Å²) in [7, 11) is 3.12. The number of hydrogen-bond donors (Lipinski definition) is 1. The van der Waals surface area contributed by atoms with Crippen molar-refractivity contribution in [1.29, 1.82) is 0 Å². The maximum Gasteiger partial charge on any atom is 0.308 e. The molecule has 0 aliphatic carbocycles. The number of carbonyl (C=O) groups excluding carboxylic acids is 1. The summed E-state index contributed by atoms with van der Waals surface area (Å²) in [6.07, 6.45) is 0.680. The van der Waals surface area contributed by atoms with Gasteiger partial charge in [0.1, 0.15) is 11.5 Å². The van der Waals surface area contributed by atoms with Crippen LogP contribution in [-0.2, 0) is 16.1 Å². The zero-order chi connectivity index (χ0) is 15.4. The van der Waals surface area contributed by atoms with Crippen LogP contribution in [0.2, 0.25) is 0 Å². The normalized spacial score (nSPS) is 18.5. The van der Waals surface area contributed by atoms with Gasteiger partial charge in [-0.05, 0) is 18.6 Å². The number of ether oxygens (including phenoxy) is 2. The van der Waals surface area contributed by atoms with Gasteiger partial charge in [0.2, 0.25) is 5.91 Å². The fraction of sp³-hybridized carbons (Fsp3) is 0.467. The van der Waals surface area contributed by atoms with Crippen molar-refractivity contribution in [2.24, 2.45) is 5.92 Å². The van der Waals surface area contributed by atoms with Crippen LogP contribution < -0.4 is 9.47 Å². The highest BCUT2D eigenvalue weighted by atomic mass is 16.5. The molecule has 1 fully saturated rings. The number of benzene rings is 1. The number of methoxy groups -OCH3 is 2. The zero-order valence-corrected chi connectivity index (χ0v) is 12.2. The minimum atomic E-state index is -0.853. The minimum absolute atomic E-state index is 0.0228. The third-order valence-corrected chi connectivity index (χ3v) is 3.70. The Labute approximate surface area is 123 Å². The van der Waals surface area contributed by atoms with Crippen molar-refractivity contribution < 1.29 is 24.2 Å². The predicted octanol–water partition coefficient (Wildman–Crippen LogP) is 1.53. The van der Waals surface area contributed by atoms with E-state index in [0.29, 0.717) is 24.5 Å². The molecule has 0 radical (unpaired) electrons. The third kappa shape index (κ3) is 3.45. The average molecular weight is 293 g/mol. The van der Waals surface area contributed by atoms with Gasteiger partial charge in [-0.2, -0.15) is 0 Å². The first kappa shape index (κ1) is 15.2. The van der Waals surface area contributed by atoms with Crippen molar-refractivity contribution in [3.63, 3.8) is 0 Å². The molecule has 6 heteroatoms. The molecule has 6 nitrogen and oxygen atoms in total. The standard InChI is InChI=1S/C15H19NO5/c1-20-12-5-3-10(13(7-12)21-2)8-16-9-11(15(18)19)4-6-14(16)17/h3,5,7,11H,4,6,8-9H2,1-2H3,(H,18,19)/t11-/m0/s1. The molecule has 1 aliphatic heterocycles. The van der Waals surface area contributed by atoms with Crippen molar-refractivity contribution in [3.8, 4) is 11.5 Å². The first-order valence-electron chi connectivity index (χ1n) is 6.76. The Morgan fingerprint density at radius 3 is 2.76 bits per heavy atom. The number of piperidine rings is 1. The van der Waals surface area contributed by atoms with E-state index in [1.165, 1.54) is 0 Å². The first-order chi connectivity index (χ1) is 10.0. The van der Waals surface area contributed by atoms with E-state index < -0.39 is 11.9 Å². The number of rotatable bonds is 5. The Kier molecular flexibility index (Phi) is 4.67. The monoisotopic (exact) mass is 293 g/mol. The second kappa shape index (κ2) is 6.47. The first-order valence-corrected chi connectivity index (χ1v) is 6.76. The number of carboxylic acid groups (broad SMARTS) is 1. The molecular formula is C15H19NO5. The van der Waals surface area contributed by atoms with Crippen LogP contribution in [-0.4, -0.2) is 42.6 Å². The van der Waals surface area contributed by atoms with Crippen LogP contribution in [0.25, 0.3) is 0 Å².